The average Bonchev–Trinajstić information content (AvgIpc) is 3.70. The van der Waals surface area contributed by atoms with Crippen LogP contribution in [-0.2, 0) is 0 Å². The molecule has 0 radical (unpaired) electrons. The molecular formula is C52H32N6O. The van der Waals surface area contributed by atoms with Crippen molar-refractivity contribution in [1.29, 1.82) is 0 Å². The highest BCUT2D eigenvalue weighted by Crippen LogP contribution is 2.38. The van der Waals surface area contributed by atoms with Crippen molar-refractivity contribution >= 4 is 33.0 Å². The van der Waals surface area contributed by atoms with Crippen molar-refractivity contribution in [3.8, 4) is 79.1 Å². The minimum absolute atomic E-state index is 0.534. The molecule has 11 rings (SSSR count). The Balaban J connectivity index is 0.994. The second-order valence-electron chi connectivity index (χ2n) is 14.3. The Morgan fingerprint density at radius 1 is 0.305 bits per heavy atom. The third-order valence-electron chi connectivity index (χ3n) is 10.7. The van der Waals surface area contributed by atoms with E-state index in [0.29, 0.717) is 34.6 Å². The normalized spacial score (nSPS) is 11.4. The number of fused-ring (bicyclic) bond motifs is 4. The van der Waals surface area contributed by atoms with Gasteiger partial charge in [0.05, 0.1) is 5.39 Å². The average molecular weight is 757 g/mol. The number of benzene rings is 7. The van der Waals surface area contributed by atoms with Gasteiger partial charge in [-0.2, -0.15) is 0 Å². The number of furan rings is 1. The molecule has 0 fully saturated rings. The van der Waals surface area contributed by atoms with Crippen molar-refractivity contribution in [2.24, 2.45) is 0 Å². The van der Waals surface area contributed by atoms with Gasteiger partial charge in [-0.15, -0.1) is 0 Å². The summed E-state index contributed by atoms with van der Waals surface area (Å²) < 4.78 is 6.31. The fraction of sp³-hybridized carbons (Fsp3) is 0. The van der Waals surface area contributed by atoms with Crippen LogP contribution in [0, 0.1) is 0 Å². The molecule has 7 aromatic carbocycles. The van der Waals surface area contributed by atoms with Crippen LogP contribution in [-0.4, -0.2) is 29.9 Å². The van der Waals surface area contributed by atoms with Crippen LogP contribution in [0.25, 0.3) is 112 Å². The zero-order chi connectivity index (χ0) is 39.1. The number of aromatic nitrogens is 6. The van der Waals surface area contributed by atoms with E-state index in [2.05, 4.69) is 102 Å². The van der Waals surface area contributed by atoms with Crippen LogP contribution in [0.15, 0.2) is 199 Å². The van der Waals surface area contributed by atoms with E-state index in [4.69, 9.17) is 29.3 Å². The van der Waals surface area contributed by atoms with Crippen molar-refractivity contribution in [3.05, 3.63) is 194 Å². The zero-order valence-corrected chi connectivity index (χ0v) is 31.6. The highest BCUT2D eigenvalue weighted by atomic mass is 16.3. The summed E-state index contributed by atoms with van der Waals surface area (Å²) in [6, 6.07) is 63.9. The molecule has 0 saturated heterocycles. The van der Waals surface area contributed by atoms with Crippen LogP contribution in [0.2, 0.25) is 0 Å². The van der Waals surface area contributed by atoms with Crippen molar-refractivity contribution in [2.45, 2.75) is 0 Å². The Bertz CT molecular complexity index is 3240. The minimum atomic E-state index is 0.534. The summed E-state index contributed by atoms with van der Waals surface area (Å²) in [7, 11) is 0. The predicted molar refractivity (Wildman–Crippen MR) is 236 cm³/mol. The molecule has 0 amide bonds. The van der Waals surface area contributed by atoms with Crippen molar-refractivity contribution in [2.75, 3.05) is 0 Å². The summed E-state index contributed by atoms with van der Waals surface area (Å²) in [6.45, 7) is 0. The standard InChI is InChI=1S/C52H32N6O/c1-4-13-33(14-5-1)34-24-28-36(29-25-34)45-47-46(44-23-12-32-53-52(44)59-47)55-48(54-45)39-30-26-35(27-31-39)40-19-10-21-42-41(40)20-11-22-43(42)51-57-49(37-15-6-2-7-16-37)56-50(58-51)38-17-8-3-9-18-38/h1-32H. The van der Waals surface area contributed by atoms with Gasteiger partial charge in [0.1, 0.15) is 11.2 Å². The third-order valence-corrected chi connectivity index (χ3v) is 10.7. The van der Waals surface area contributed by atoms with Gasteiger partial charge in [-0.05, 0) is 45.2 Å². The van der Waals surface area contributed by atoms with E-state index in [0.717, 1.165) is 77.4 Å². The molecule has 0 unspecified atom stereocenters. The summed E-state index contributed by atoms with van der Waals surface area (Å²) in [5.74, 6) is 2.49. The lowest BCUT2D eigenvalue weighted by molar-refractivity contribution is 0.652. The molecule has 0 aliphatic carbocycles. The van der Waals surface area contributed by atoms with Gasteiger partial charge in [-0.3, -0.25) is 0 Å². The fourth-order valence-corrected chi connectivity index (χ4v) is 7.74. The molecule has 0 bridgehead atoms. The van der Waals surface area contributed by atoms with Crippen molar-refractivity contribution < 1.29 is 4.42 Å². The largest absolute Gasteiger partial charge is 0.434 e. The van der Waals surface area contributed by atoms with Gasteiger partial charge in [-0.25, -0.2) is 29.9 Å². The molecule has 4 heterocycles. The lowest BCUT2D eigenvalue weighted by Crippen LogP contribution is -2.00. The first-order chi connectivity index (χ1) is 29.2. The van der Waals surface area contributed by atoms with Gasteiger partial charge in [0.15, 0.2) is 28.9 Å². The quantitative estimate of drug-likeness (QED) is 0.160. The molecule has 59 heavy (non-hydrogen) atoms. The van der Waals surface area contributed by atoms with Crippen LogP contribution in [0.5, 0.6) is 0 Å². The summed E-state index contributed by atoms with van der Waals surface area (Å²) >= 11 is 0. The molecule has 0 atom stereocenters. The third kappa shape index (κ3) is 6.27. The number of nitrogens with zero attached hydrogens (tertiary/aromatic N) is 6. The van der Waals surface area contributed by atoms with E-state index in [1.165, 1.54) is 0 Å². The maximum absolute atomic E-state index is 6.31. The number of pyridine rings is 1. The maximum Gasteiger partial charge on any atom is 0.229 e. The Kier molecular flexibility index (Phi) is 8.33. The highest BCUT2D eigenvalue weighted by molar-refractivity contribution is 6.06. The van der Waals surface area contributed by atoms with Crippen LogP contribution in [0.3, 0.4) is 0 Å². The van der Waals surface area contributed by atoms with Crippen LogP contribution >= 0.6 is 0 Å². The van der Waals surface area contributed by atoms with Gasteiger partial charge >= 0.3 is 0 Å². The minimum Gasteiger partial charge on any atom is -0.434 e. The Morgan fingerprint density at radius 2 is 0.780 bits per heavy atom. The predicted octanol–water partition coefficient (Wildman–Crippen LogP) is 12.8. The first-order valence-corrected chi connectivity index (χ1v) is 19.4. The molecule has 0 aliphatic heterocycles. The van der Waals surface area contributed by atoms with Gasteiger partial charge in [0.2, 0.25) is 5.71 Å². The molecule has 0 saturated carbocycles. The Hall–Kier alpha value is -8.16. The Labute approximate surface area is 339 Å². The molecule has 11 aromatic rings. The van der Waals surface area contributed by atoms with Crippen molar-refractivity contribution in [1.82, 2.24) is 29.9 Å². The molecule has 0 N–H and O–H groups in total. The summed E-state index contributed by atoms with van der Waals surface area (Å²) in [6.07, 6.45) is 1.73. The van der Waals surface area contributed by atoms with Crippen LogP contribution in [0.1, 0.15) is 0 Å². The van der Waals surface area contributed by atoms with Gasteiger partial charge in [0, 0.05) is 34.0 Å². The van der Waals surface area contributed by atoms with E-state index in [1.54, 1.807) is 6.20 Å². The van der Waals surface area contributed by atoms with E-state index >= 15 is 0 Å². The van der Waals surface area contributed by atoms with E-state index < -0.39 is 0 Å². The first kappa shape index (κ1) is 34.1. The second kappa shape index (κ2) is 14.4. The van der Waals surface area contributed by atoms with Crippen molar-refractivity contribution in [3.63, 3.8) is 0 Å². The first-order valence-electron chi connectivity index (χ1n) is 19.4. The fourth-order valence-electron chi connectivity index (χ4n) is 7.74. The van der Waals surface area contributed by atoms with Gasteiger partial charge in [-0.1, -0.05) is 176 Å². The summed E-state index contributed by atoms with van der Waals surface area (Å²) in [5.41, 5.74) is 11.7. The molecule has 7 heteroatoms. The molecule has 0 aliphatic rings. The van der Waals surface area contributed by atoms with E-state index in [1.807, 2.05) is 91.0 Å². The maximum atomic E-state index is 6.31. The topological polar surface area (TPSA) is 90.5 Å². The monoisotopic (exact) mass is 756 g/mol. The number of rotatable bonds is 7. The lowest BCUT2D eigenvalue weighted by atomic mass is 9.94. The summed E-state index contributed by atoms with van der Waals surface area (Å²) in [5, 5.41) is 2.99. The zero-order valence-electron chi connectivity index (χ0n) is 31.6. The lowest BCUT2D eigenvalue weighted by Gasteiger charge is -2.13. The Morgan fingerprint density at radius 3 is 1.44 bits per heavy atom. The number of hydrogen-bond acceptors (Lipinski definition) is 7. The smallest absolute Gasteiger partial charge is 0.229 e. The van der Waals surface area contributed by atoms with Gasteiger partial charge < -0.3 is 4.42 Å². The van der Waals surface area contributed by atoms with Crippen LogP contribution < -0.4 is 0 Å². The molecule has 276 valence electrons. The summed E-state index contributed by atoms with van der Waals surface area (Å²) in [4.78, 5) is 29.7. The van der Waals surface area contributed by atoms with E-state index in [9.17, 15) is 0 Å². The van der Waals surface area contributed by atoms with Crippen LogP contribution in [0.4, 0.5) is 0 Å². The molecular weight excluding hydrogens is 725 g/mol. The second-order valence-corrected chi connectivity index (χ2v) is 14.3. The molecule has 7 nitrogen and oxygen atoms in total. The molecule has 0 spiro atoms. The SMILES string of the molecule is c1ccc(-c2ccc(-c3nc(-c4ccc(-c5cccc6c(-c7nc(-c8ccccc8)nc(-c8ccccc8)n7)cccc56)cc4)nc4c3oc3ncccc34)cc2)cc1. The highest BCUT2D eigenvalue weighted by Gasteiger charge is 2.20. The van der Waals surface area contributed by atoms with E-state index in [-0.39, 0.29) is 0 Å². The number of hydrogen-bond donors (Lipinski definition) is 0. The van der Waals surface area contributed by atoms with Gasteiger partial charge in [0.25, 0.3) is 0 Å². The molecule has 4 aromatic heterocycles.